The van der Waals surface area contributed by atoms with Crippen molar-refractivity contribution >= 4 is 46.6 Å². The molecule has 1 aliphatic rings. The molecule has 0 fully saturated rings. The minimum absolute atomic E-state index is 0.0295. The maximum Gasteiger partial charge on any atom is 0.262 e. The Morgan fingerprint density at radius 1 is 1.07 bits per heavy atom. The molecular weight excluding hydrogens is 260 g/mol. The van der Waals surface area contributed by atoms with Crippen molar-refractivity contribution in [3.63, 3.8) is 0 Å². The van der Waals surface area contributed by atoms with Gasteiger partial charge in [0.25, 0.3) is 11.8 Å². The average Bonchev–Trinajstić information content (AvgIpc) is 2.40. The molecule has 15 heavy (non-hydrogen) atoms. The van der Waals surface area contributed by atoms with Crippen LogP contribution in [0.5, 0.6) is 0 Å². The Morgan fingerprint density at radius 2 is 1.67 bits per heavy atom. The van der Waals surface area contributed by atoms with Gasteiger partial charge in [0.05, 0.1) is 26.2 Å². The zero-order valence-corrected chi connectivity index (χ0v) is 9.74. The van der Waals surface area contributed by atoms with Crippen LogP contribution in [-0.2, 0) is 0 Å². The lowest BCUT2D eigenvalue weighted by molar-refractivity contribution is 0.0693. The van der Waals surface area contributed by atoms with Crippen LogP contribution >= 0.6 is 34.8 Å². The fraction of sp³-hybridized carbons (Fsp3) is 0.111. The first-order valence-corrected chi connectivity index (χ1v) is 5.08. The number of imide groups is 1. The molecule has 2 rings (SSSR count). The van der Waals surface area contributed by atoms with E-state index in [1.807, 2.05) is 0 Å². The molecule has 2 amide bonds. The number of fused-ring (bicyclic) bond motifs is 1. The SMILES string of the molecule is CN1C(=O)c2cc(Cl)c(Cl)c(Cl)c2C1=O. The minimum atomic E-state index is -0.460. The van der Waals surface area contributed by atoms with Gasteiger partial charge in [-0.2, -0.15) is 0 Å². The van der Waals surface area contributed by atoms with Crippen LogP contribution in [0.2, 0.25) is 15.1 Å². The molecule has 0 spiro atoms. The van der Waals surface area contributed by atoms with Crippen LogP contribution in [0.4, 0.5) is 0 Å². The number of rotatable bonds is 0. The van der Waals surface area contributed by atoms with E-state index in [2.05, 4.69) is 0 Å². The molecular formula is C9H4Cl3NO2. The summed E-state index contributed by atoms with van der Waals surface area (Å²) in [5, 5.41) is 0.285. The van der Waals surface area contributed by atoms with Crippen LogP contribution in [-0.4, -0.2) is 23.8 Å². The van der Waals surface area contributed by atoms with Gasteiger partial charge in [0.2, 0.25) is 0 Å². The zero-order valence-electron chi connectivity index (χ0n) is 7.47. The fourth-order valence-corrected chi connectivity index (χ4v) is 2.10. The second-order valence-electron chi connectivity index (χ2n) is 3.08. The Kier molecular flexibility index (Phi) is 2.41. The predicted octanol–water partition coefficient (Wildman–Crippen LogP) is 2.87. The van der Waals surface area contributed by atoms with E-state index < -0.39 is 11.8 Å². The number of carbonyl (C=O) groups excluding carboxylic acids is 2. The van der Waals surface area contributed by atoms with E-state index >= 15 is 0 Å². The Balaban J connectivity index is 2.81. The van der Waals surface area contributed by atoms with Gasteiger partial charge in [-0.3, -0.25) is 14.5 Å². The Morgan fingerprint density at radius 3 is 2.27 bits per heavy atom. The van der Waals surface area contributed by atoms with E-state index in [4.69, 9.17) is 34.8 Å². The number of nitrogens with zero attached hydrogens (tertiary/aromatic N) is 1. The van der Waals surface area contributed by atoms with Gasteiger partial charge in [0.15, 0.2) is 0 Å². The summed E-state index contributed by atoms with van der Waals surface area (Å²) in [4.78, 5) is 24.2. The van der Waals surface area contributed by atoms with Crippen molar-refractivity contribution in [3.8, 4) is 0 Å². The maximum absolute atomic E-state index is 11.6. The van der Waals surface area contributed by atoms with Crippen LogP contribution in [0.25, 0.3) is 0 Å². The van der Waals surface area contributed by atoms with Gasteiger partial charge in [0.1, 0.15) is 0 Å². The summed E-state index contributed by atoms with van der Waals surface area (Å²) < 4.78 is 0. The van der Waals surface area contributed by atoms with Crippen molar-refractivity contribution in [2.24, 2.45) is 0 Å². The van der Waals surface area contributed by atoms with E-state index in [9.17, 15) is 9.59 Å². The van der Waals surface area contributed by atoms with Crippen molar-refractivity contribution in [2.45, 2.75) is 0 Å². The highest BCUT2D eigenvalue weighted by atomic mass is 35.5. The van der Waals surface area contributed by atoms with E-state index in [-0.39, 0.29) is 26.2 Å². The van der Waals surface area contributed by atoms with Crippen LogP contribution < -0.4 is 0 Å². The molecule has 0 bridgehead atoms. The molecule has 0 saturated heterocycles. The maximum atomic E-state index is 11.6. The second kappa shape index (κ2) is 3.37. The number of carbonyl (C=O) groups is 2. The molecule has 6 heteroatoms. The van der Waals surface area contributed by atoms with Crippen molar-refractivity contribution in [1.82, 2.24) is 4.90 Å². The van der Waals surface area contributed by atoms with E-state index in [1.54, 1.807) is 0 Å². The lowest BCUT2D eigenvalue weighted by atomic mass is 10.1. The van der Waals surface area contributed by atoms with Crippen molar-refractivity contribution in [3.05, 3.63) is 32.3 Å². The molecule has 1 aliphatic heterocycles. The average molecular weight is 264 g/mol. The molecule has 1 aromatic carbocycles. The third kappa shape index (κ3) is 1.34. The number of benzene rings is 1. The Labute approximate surface area is 101 Å². The van der Waals surface area contributed by atoms with Gasteiger partial charge in [0, 0.05) is 7.05 Å². The number of halogens is 3. The topological polar surface area (TPSA) is 37.4 Å². The predicted molar refractivity (Wildman–Crippen MR) is 57.9 cm³/mol. The minimum Gasteiger partial charge on any atom is -0.277 e. The van der Waals surface area contributed by atoms with Crippen LogP contribution in [0.15, 0.2) is 6.07 Å². The zero-order chi connectivity index (χ0) is 11.3. The van der Waals surface area contributed by atoms with Gasteiger partial charge < -0.3 is 0 Å². The summed E-state index contributed by atoms with van der Waals surface area (Å²) in [5.41, 5.74) is 0.320. The monoisotopic (exact) mass is 263 g/mol. The van der Waals surface area contributed by atoms with Crippen molar-refractivity contribution < 1.29 is 9.59 Å². The summed E-state index contributed by atoms with van der Waals surface area (Å²) in [5.74, 6) is -0.881. The smallest absolute Gasteiger partial charge is 0.262 e. The molecule has 78 valence electrons. The number of hydrogen-bond donors (Lipinski definition) is 0. The number of amides is 2. The van der Waals surface area contributed by atoms with Gasteiger partial charge in [-0.15, -0.1) is 0 Å². The van der Waals surface area contributed by atoms with E-state index in [0.717, 1.165) is 4.90 Å². The van der Waals surface area contributed by atoms with Gasteiger partial charge >= 0.3 is 0 Å². The molecule has 0 unspecified atom stereocenters. The first kappa shape index (κ1) is 10.7. The van der Waals surface area contributed by atoms with Crippen LogP contribution in [0.1, 0.15) is 20.7 Å². The summed E-state index contributed by atoms with van der Waals surface area (Å²) in [6, 6.07) is 1.36. The van der Waals surface area contributed by atoms with Gasteiger partial charge in [-0.1, -0.05) is 34.8 Å². The largest absolute Gasteiger partial charge is 0.277 e. The van der Waals surface area contributed by atoms with Gasteiger partial charge in [-0.05, 0) is 6.07 Å². The Hall–Kier alpha value is -0.770. The van der Waals surface area contributed by atoms with Crippen LogP contribution in [0, 0.1) is 0 Å². The highest BCUT2D eigenvalue weighted by Gasteiger charge is 2.36. The highest BCUT2D eigenvalue weighted by Crippen LogP contribution is 2.38. The quantitative estimate of drug-likeness (QED) is 0.534. The van der Waals surface area contributed by atoms with E-state index in [0.29, 0.717) is 0 Å². The first-order chi connectivity index (χ1) is 6.95. The molecule has 1 heterocycles. The highest BCUT2D eigenvalue weighted by molar-refractivity contribution is 6.50. The molecule has 1 aromatic rings. The summed E-state index contributed by atoms with van der Waals surface area (Å²) in [6.45, 7) is 0. The molecule has 0 atom stereocenters. The van der Waals surface area contributed by atoms with Gasteiger partial charge in [-0.25, -0.2) is 0 Å². The summed E-state index contributed by atoms with van der Waals surface area (Å²) in [7, 11) is 1.38. The summed E-state index contributed by atoms with van der Waals surface area (Å²) >= 11 is 17.4. The summed E-state index contributed by atoms with van der Waals surface area (Å²) in [6.07, 6.45) is 0. The molecule has 0 aromatic heterocycles. The lowest BCUT2D eigenvalue weighted by Crippen LogP contribution is -2.24. The molecule has 0 radical (unpaired) electrons. The normalized spacial score (nSPS) is 14.8. The second-order valence-corrected chi connectivity index (χ2v) is 4.24. The lowest BCUT2D eigenvalue weighted by Gasteiger charge is -2.03. The van der Waals surface area contributed by atoms with Crippen LogP contribution in [0.3, 0.4) is 0 Å². The fourth-order valence-electron chi connectivity index (χ4n) is 1.41. The van der Waals surface area contributed by atoms with Crippen molar-refractivity contribution in [1.29, 1.82) is 0 Å². The molecule has 0 N–H and O–H groups in total. The third-order valence-electron chi connectivity index (χ3n) is 2.22. The number of hydrogen-bond acceptors (Lipinski definition) is 2. The van der Waals surface area contributed by atoms with E-state index in [1.165, 1.54) is 13.1 Å². The first-order valence-electron chi connectivity index (χ1n) is 3.95. The third-order valence-corrected chi connectivity index (χ3v) is 3.48. The molecule has 0 aliphatic carbocycles. The Bertz CT molecular complexity index is 499. The van der Waals surface area contributed by atoms with Crippen molar-refractivity contribution in [2.75, 3.05) is 7.05 Å². The molecule has 0 saturated carbocycles. The molecule has 3 nitrogen and oxygen atoms in total. The standard InChI is InChI=1S/C9H4Cl3NO2/c1-13-8(14)3-2-4(10)6(11)7(12)5(3)9(13)15/h2H,1H3.